The summed E-state index contributed by atoms with van der Waals surface area (Å²) in [5.41, 5.74) is -11.0. The minimum Gasteiger partial charge on any atom is -0.382 e. The number of fused-ring (bicyclic) bond motifs is 2. The first kappa shape index (κ1) is 12.9. The van der Waals surface area contributed by atoms with Crippen LogP contribution in [-0.4, -0.2) is 44.7 Å². The van der Waals surface area contributed by atoms with E-state index in [-0.39, 0.29) is 15.0 Å². The number of hydrogen-bond acceptors (Lipinski definition) is 6. The smallest absolute Gasteiger partial charge is 0.257 e. The fourth-order valence-electron chi connectivity index (χ4n) is 4.56. The molecule has 39 heavy (non-hydrogen) atoms. The molecule has 8 heteroatoms. The fraction of sp³-hybridized carbons (Fsp3) is 0.645. The molecule has 5 rings (SSSR count). The Bertz CT molecular complexity index is 2270. The molecule has 0 saturated carbocycles. The van der Waals surface area contributed by atoms with Crippen LogP contribution in [0.1, 0.15) is 132 Å². The van der Waals surface area contributed by atoms with E-state index in [0.717, 1.165) is 41.5 Å². The maximum Gasteiger partial charge on any atom is 0.257 e. The first-order chi connectivity index (χ1) is 25.6. The van der Waals surface area contributed by atoms with Crippen molar-refractivity contribution in [1.82, 2.24) is 19.6 Å². The molecule has 212 valence electrons. The average Bonchev–Trinajstić information content (AvgIpc) is 3.51. The Morgan fingerprint density at radius 1 is 1.38 bits per heavy atom. The lowest BCUT2D eigenvalue weighted by Gasteiger charge is -2.51. The van der Waals surface area contributed by atoms with Gasteiger partial charge in [0.25, 0.3) is 5.56 Å². The quantitative estimate of drug-likeness (QED) is 0.413. The molecule has 4 unspecified atom stereocenters. The van der Waals surface area contributed by atoms with Crippen LogP contribution in [-0.2, 0) is 18.5 Å². The Balaban J connectivity index is 1.89. The predicted molar refractivity (Wildman–Crippen MR) is 151 cm³/mol. The summed E-state index contributed by atoms with van der Waals surface area (Å²) in [5.74, 6) is -7.59. The second-order valence-electron chi connectivity index (χ2n) is 10.5. The molecule has 1 aromatic carbocycles. The van der Waals surface area contributed by atoms with Gasteiger partial charge in [0.1, 0.15) is 17.2 Å². The van der Waals surface area contributed by atoms with Gasteiger partial charge in [-0.25, -0.2) is 9.37 Å². The van der Waals surface area contributed by atoms with Gasteiger partial charge in [0.15, 0.2) is 5.58 Å². The molecule has 0 bridgehead atoms. The molecular weight excluding hydrogens is 495 g/mol. The average molecular weight is 558 g/mol. The number of hydrogen-bond donors (Lipinski definition) is 1. The third kappa shape index (κ3) is 4.53. The first-order valence-corrected chi connectivity index (χ1v) is 12.2. The van der Waals surface area contributed by atoms with Gasteiger partial charge in [-0.2, -0.15) is 0 Å². The molecule has 1 N–H and O–H groups in total. The molecule has 4 heterocycles. The highest BCUT2D eigenvalue weighted by Gasteiger charge is 2.46. The van der Waals surface area contributed by atoms with Gasteiger partial charge in [0, 0.05) is 62.9 Å². The van der Waals surface area contributed by atoms with E-state index in [1.807, 2.05) is 0 Å². The summed E-state index contributed by atoms with van der Waals surface area (Å²) in [5, 5.41) is 7.89. The van der Waals surface area contributed by atoms with Gasteiger partial charge in [0.2, 0.25) is 1.43 Å². The van der Waals surface area contributed by atoms with Crippen molar-refractivity contribution in [2.24, 2.45) is 5.41 Å². The van der Waals surface area contributed by atoms with Gasteiger partial charge in [-0.1, -0.05) is 32.9 Å². The molecular formula is C31H43FN4O3. The number of piperidine rings is 1. The molecule has 1 fully saturated rings. The van der Waals surface area contributed by atoms with Gasteiger partial charge in [0.05, 0.1) is 14.1 Å². The summed E-state index contributed by atoms with van der Waals surface area (Å²) in [6, 6.07) is -8.13. The maximum atomic E-state index is 14.9. The summed E-state index contributed by atoms with van der Waals surface area (Å²) in [4.78, 5) is 19.0. The topological polar surface area (TPSA) is 84.4 Å². The monoisotopic (exact) mass is 557 g/mol. The number of aryl methyl sites for hydroxylation is 1. The lowest BCUT2D eigenvalue weighted by molar-refractivity contribution is 0.00200. The van der Waals surface area contributed by atoms with E-state index in [9.17, 15) is 21.5 Å². The molecule has 0 spiro atoms. The zero-order chi connectivity index (χ0) is 45.3. The van der Waals surface area contributed by atoms with E-state index in [1.165, 1.54) is 6.92 Å². The molecule has 0 amide bonds. The second kappa shape index (κ2) is 9.81. The van der Waals surface area contributed by atoms with Crippen LogP contribution in [0.5, 0.6) is 0 Å². The van der Waals surface area contributed by atoms with Gasteiger partial charge < -0.3 is 9.63 Å². The molecule has 0 aliphatic carbocycles. The van der Waals surface area contributed by atoms with Crippen molar-refractivity contribution in [1.29, 1.82) is 1.43 Å². The second-order valence-corrected chi connectivity index (χ2v) is 10.5. The van der Waals surface area contributed by atoms with Gasteiger partial charge in [-0.05, 0) is 83.1 Å². The Hall–Kier alpha value is -2.58. The van der Waals surface area contributed by atoms with Gasteiger partial charge in [-0.3, -0.25) is 14.3 Å². The van der Waals surface area contributed by atoms with E-state index < -0.39 is 131 Å². The van der Waals surface area contributed by atoms with E-state index >= 15 is 0 Å². The lowest BCUT2D eigenvalue weighted by Crippen LogP contribution is -2.55. The molecule has 7 nitrogen and oxygen atoms in total. The minimum absolute atomic E-state index is 0.0797. The number of aliphatic hydroxyl groups is 1. The molecule has 0 radical (unpaired) electrons. The highest BCUT2D eigenvalue weighted by molar-refractivity contribution is 5.83. The van der Waals surface area contributed by atoms with E-state index in [0.29, 0.717) is 6.92 Å². The van der Waals surface area contributed by atoms with Crippen LogP contribution < -0.4 is 5.56 Å². The van der Waals surface area contributed by atoms with Crippen molar-refractivity contribution in [3.05, 3.63) is 56.6 Å². The molecule has 2 aliphatic rings. The van der Waals surface area contributed by atoms with Crippen LogP contribution in [0.15, 0.2) is 21.4 Å². The Labute approximate surface area is 257 Å². The van der Waals surface area contributed by atoms with Crippen LogP contribution in [0, 0.1) is 18.2 Å². The fourth-order valence-corrected chi connectivity index (χ4v) is 4.56. The third-order valence-electron chi connectivity index (χ3n) is 7.15. The van der Waals surface area contributed by atoms with Crippen LogP contribution in [0.3, 0.4) is 0 Å². The summed E-state index contributed by atoms with van der Waals surface area (Å²) < 4.78 is 190. The normalized spacial score (nSPS) is 45.0. The van der Waals surface area contributed by atoms with Crippen LogP contribution in [0.2, 0.25) is 0 Å². The summed E-state index contributed by atoms with van der Waals surface area (Å²) >= 11 is 0. The molecule has 2 aliphatic heterocycles. The Morgan fingerprint density at radius 3 is 2.82 bits per heavy atom. The largest absolute Gasteiger partial charge is 0.382 e. The first-order valence-electron chi connectivity index (χ1n) is 21.7. The number of likely N-dealkylation sites (tertiary alicyclic amines) is 1. The van der Waals surface area contributed by atoms with Crippen LogP contribution in [0.25, 0.3) is 11.0 Å². The van der Waals surface area contributed by atoms with Crippen LogP contribution in [0.4, 0.5) is 4.39 Å². The number of halogens is 1. The summed E-state index contributed by atoms with van der Waals surface area (Å²) in [6.07, 6.45) is -14.7. The van der Waals surface area contributed by atoms with Gasteiger partial charge in [-0.15, -0.1) is 0 Å². The number of benzene rings is 1. The summed E-state index contributed by atoms with van der Waals surface area (Å²) in [7, 11) is 0. The Morgan fingerprint density at radius 2 is 2.13 bits per heavy atom. The van der Waals surface area contributed by atoms with Crippen molar-refractivity contribution in [3.8, 4) is 0 Å². The molecule has 3 aromatic rings. The predicted octanol–water partition coefficient (Wildman–Crippen LogP) is 5.79. The van der Waals surface area contributed by atoms with Gasteiger partial charge >= 0.3 is 0 Å². The standard InChI is InChI=1S/C31H43FN4O3/c1-17(2)25-22(28(37)36-14-9-13-31(8,38)29(36)33-25)16-18(3)35-15-12-23(30(6,7)20(35)5)26-21-10-11-24(32)19(4)27(21)39-34-26/h10-11,17-18,20,23,38H,9,12-16H2,1-8H3/i9D2,10D,11D,12D2,13D2,14D2,15D2,16D2,17D,18D,20D,23D,38D. The van der Waals surface area contributed by atoms with E-state index in [2.05, 4.69) is 15.2 Å². The van der Waals surface area contributed by atoms with Crippen molar-refractivity contribution < 1.29 is 38.7 Å². The Kier molecular flexibility index (Phi) is 3.25. The highest BCUT2D eigenvalue weighted by atomic mass is 19.1. The molecule has 4 atom stereocenters. The highest BCUT2D eigenvalue weighted by Crippen LogP contribution is 2.48. The lowest BCUT2D eigenvalue weighted by atomic mass is 9.66. The summed E-state index contributed by atoms with van der Waals surface area (Å²) in [6.45, 7) is 0.341. The van der Waals surface area contributed by atoms with Crippen molar-refractivity contribution in [3.63, 3.8) is 0 Å². The van der Waals surface area contributed by atoms with Crippen molar-refractivity contribution in [2.45, 2.75) is 117 Å². The third-order valence-corrected chi connectivity index (χ3v) is 7.15. The van der Waals surface area contributed by atoms with Crippen molar-refractivity contribution in [2.75, 3.05) is 6.50 Å². The molecule has 2 aromatic heterocycles. The van der Waals surface area contributed by atoms with E-state index in [4.69, 9.17) is 18.3 Å². The maximum absolute atomic E-state index is 14.9. The van der Waals surface area contributed by atoms with E-state index in [1.54, 1.807) is 0 Å². The van der Waals surface area contributed by atoms with Crippen molar-refractivity contribution >= 4 is 11.0 Å². The molecule has 1 saturated heterocycles. The number of rotatable bonds is 6. The van der Waals surface area contributed by atoms with Crippen LogP contribution >= 0.6 is 0 Å². The zero-order valence-electron chi connectivity index (χ0n) is 41.9. The number of nitrogens with zero attached hydrogens (tertiary/aromatic N) is 4. The minimum atomic E-state index is -3.84. The SMILES string of the molecule is [2H]OC1(C)c2nc(C([2H])(C)C)c(C([2H])([2H])C([2H])(C)N3C([2H])([2H])C([2H])([2H])C([2H])(c4noc5c(C)c(F)c([2H])c([2H])c45)C(C)(C)C3([2H])C)c(=O)n2C([2H])([2H])C([2H])([2H])C1([2H])[2H]. The zero-order valence-corrected chi connectivity index (χ0v) is 22.9. The number of aromatic nitrogens is 3.